The lowest BCUT2D eigenvalue weighted by Gasteiger charge is -2.18. The maximum Gasteiger partial charge on any atom is 0.335 e. The Kier molecular flexibility index (Phi) is 4.23. The number of aromatic carboxylic acids is 1. The number of hydrogen-bond acceptors (Lipinski definition) is 4. The smallest absolute Gasteiger partial charge is 0.335 e. The molecule has 8 heteroatoms. The summed E-state index contributed by atoms with van der Waals surface area (Å²) in [4.78, 5) is 14.8. The maximum absolute atomic E-state index is 12.5. The fraction of sp³-hybridized carbons (Fsp3) is 0.286. The third-order valence-corrected chi connectivity index (χ3v) is 4.95. The van der Waals surface area contributed by atoms with Gasteiger partial charge in [0.2, 0.25) is 0 Å². The zero-order valence-corrected chi connectivity index (χ0v) is 13.3. The summed E-state index contributed by atoms with van der Waals surface area (Å²) in [5.41, 5.74) is 0.461. The molecule has 7 nitrogen and oxygen atoms in total. The van der Waals surface area contributed by atoms with Crippen molar-refractivity contribution in [2.45, 2.75) is 24.9 Å². The molecule has 22 heavy (non-hydrogen) atoms. The molecule has 2 rings (SSSR count). The van der Waals surface area contributed by atoms with Gasteiger partial charge in [-0.1, -0.05) is 0 Å². The molecule has 0 unspecified atom stereocenters. The van der Waals surface area contributed by atoms with Gasteiger partial charge in [-0.2, -0.15) is 8.42 Å². The molecule has 0 amide bonds. The maximum atomic E-state index is 12.5. The molecule has 0 spiro atoms. The molecule has 1 aromatic carbocycles. The molecular formula is C14H17N3O4S. The van der Waals surface area contributed by atoms with Crippen LogP contribution in [0.3, 0.4) is 0 Å². The van der Waals surface area contributed by atoms with Crippen molar-refractivity contribution in [2.75, 3.05) is 11.4 Å². The Balaban J connectivity index is 2.33. The van der Waals surface area contributed by atoms with Gasteiger partial charge in [0.25, 0.3) is 10.0 Å². The van der Waals surface area contributed by atoms with Gasteiger partial charge in [-0.05, 0) is 38.1 Å². The monoisotopic (exact) mass is 323 g/mol. The number of carboxylic acids is 1. The first-order chi connectivity index (χ1) is 10.2. The summed E-state index contributed by atoms with van der Waals surface area (Å²) in [7, 11) is -2.38. The summed E-state index contributed by atoms with van der Waals surface area (Å²) in [5, 5.41) is 8.81. The number of nitrogens with zero attached hydrogens (tertiary/aromatic N) is 3. The highest BCUT2D eigenvalue weighted by Crippen LogP contribution is 2.22. The Hall–Kier alpha value is -2.35. The van der Waals surface area contributed by atoms with Crippen molar-refractivity contribution in [3.8, 4) is 0 Å². The zero-order chi connectivity index (χ0) is 16.5. The van der Waals surface area contributed by atoms with Crippen molar-refractivity contribution < 1.29 is 18.3 Å². The number of aromatic nitrogens is 2. The largest absolute Gasteiger partial charge is 0.478 e. The highest BCUT2D eigenvalue weighted by Gasteiger charge is 2.24. The van der Waals surface area contributed by atoms with E-state index < -0.39 is 16.0 Å². The number of imidazole rings is 1. The van der Waals surface area contributed by atoms with E-state index in [1.165, 1.54) is 43.8 Å². The SMILES string of the molecule is CC(C)n1cnc(S(=O)(=O)N(C)c2ccc(C(=O)O)cc2)c1. The number of sulfonamides is 1. The van der Waals surface area contributed by atoms with Crippen LogP contribution in [0.4, 0.5) is 5.69 Å². The molecule has 1 heterocycles. The molecule has 0 aliphatic heterocycles. The summed E-state index contributed by atoms with van der Waals surface area (Å²) in [6, 6.07) is 5.71. The van der Waals surface area contributed by atoms with Gasteiger partial charge < -0.3 is 9.67 Å². The van der Waals surface area contributed by atoms with E-state index in [1.54, 1.807) is 4.57 Å². The van der Waals surface area contributed by atoms with Gasteiger partial charge in [0.05, 0.1) is 17.6 Å². The molecule has 0 saturated carbocycles. The van der Waals surface area contributed by atoms with Crippen molar-refractivity contribution in [3.05, 3.63) is 42.4 Å². The first-order valence-corrected chi connectivity index (χ1v) is 8.03. The van der Waals surface area contributed by atoms with Crippen LogP contribution in [0.15, 0.2) is 41.8 Å². The molecule has 0 fully saturated rings. The molecule has 0 saturated heterocycles. The average molecular weight is 323 g/mol. The number of hydrogen-bond donors (Lipinski definition) is 1. The van der Waals surface area contributed by atoms with Gasteiger partial charge in [0.15, 0.2) is 5.03 Å². The van der Waals surface area contributed by atoms with Gasteiger partial charge in [0, 0.05) is 19.3 Å². The van der Waals surface area contributed by atoms with Gasteiger partial charge in [-0.25, -0.2) is 9.78 Å². The van der Waals surface area contributed by atoms with Crippen molar-refractivity contribution in [1.82, 2.24) is 9.55 Å². The molecule has 0 aliphatic rings. The quantitative estimate of drug-likeness (QED) is 0.908. The van der Waals surface area contributed by atoms with Crippen molar-refractivity contribution in [2.24, 2.45) is 0 Å². The molecule has 0 radical (unpaired) electrons. The number of carboxylic acid groups (broad SMARTS) is 1. The normalized spacial score (nSPS) is 11.6. The Morgan fingerprint density at radius 2 is 1.86 bits per heavy atom. The minimum atomic E-state index is -3.78. The predicted molar refractivity (Wildman–Crippen MR) is 81.6 cm³/mol. The third kappa shape index (κ3) is 2.96. The highest BCUT2D eigenvalue weighted by atomic mass is 32.2. The zero-order valence-electron chi connectivity index (χ0n) is 12.5. The second-order valence-electron chi connectivity index (χ2n) is 5.08. The first kappa shape index (κ1) is 16.0. The molecule has 0 aliphatic carbocycles. The lowest BCUT2D eigenvalue weighted by Crippen LogP contribution is -2.26. The van der Waals surface area contributed by atoms with Crippen molar-refractivity contribution in [3.63, 3.8) is 0 Å². The Labute approximate surface area is 128 Å². The summed E-state index contributed by atoms with van der Waals surface area (Å²) >= 11 is 0. The Morgan fingerprint density at radius 3 is 2.32 bits per heavy atom. The Bertz CT molecular complexity index is 779. The average Bonchev–Trinajstić information content (AvgIpc) is 2.97. The predicted octanol–water partition coefficient (Wildman–Crippen LogP) is 1.99. The molecular weight excluding hydrogens is 306 g/mol. The minimum Gasteiger partial charge on any atom is -0.478 e. The molecule has 0 bridgehead atoms. The molecule has 1 aromatic heterocycles. The van der Waals surface area contributed by atoms with E-state index >= 15 is 0 Å². The summed E-state index contributed by atoms with van der Waals surface area (Å²) in [6.07, 6.45) is 2.95. The standard InChI is InChI=1S/C14H17N3O4S/c1-10(2)17-8-13(15-9-17)22(20,21)16(3)12-6-4-11(5-7-12)14(18)19/h4-10H,1-3H3,(H,18,19). The molecule has 2 aromatic rings. The second kappa shape index (κ2) is 5.80. The first-order valence-electron chi connectivity index (χ1n) is 6.59. The topological polar surface area (TPSA) is 92.5 Å². The van der Waals surface area contributed by atoms with Crippen LogP contribution < -0.4 is 4.31 Å². The summed E-state index contributed by atoms with van der Waals surface area (Å²) in [5.74, 6) is -1.06. The number of anilines is 1. The lowest BCUT2D eigenvalue weighted by atomic mass is 10.2. The fourth-order valence-corrected chi connectivity index (χ4v) is 2.94. The fourth-order valence-electron chi connectivity index (χ4n) is 1.83. The van der Waals surface area contributed by atoms with Gasteiger partial charge in [-0.3, -0.25) is 4.31 Å². The van der Waals surface area contributed by atoms with Crippen LogP contribution in [0.1, 0.15) is 30.2 Å². The second-order valence-corrected chi connectivity index (χ2v) is 6.99. The van der Waals surface area contributed by atoms with E-state index in [2.05, 4.69) is 4.98 Å². The molecule has 0 atom stereocenters. The molecule has 1 N–H and O–H groups in total. The van der Waals surface area contributed by atoms with E-state index in [1.807, 2.05) is 13.8 Å². The Morgan fingerprint density at radius 1 is 1.27 bits per heavy atom. The van der Waals surface area contributed by atoms with Crippen molar-refractivity contribution in [1.29, 1.82) is 0 Å². The van der Waals surface area contributed by atoms with E-state index in [-0.39, 0.29) is 16.6 Å². The summed E-state index contributed by atoms with van der Waals surface area (Å²) < 4.78 is 27.8. The third-order valence-electron chi connectivity index (χ3n) is 3.28. The number of rotatable bonds is 5. The number of carbonyl (C=O) groups is 1. The van der Waals surface area contributed by atoms with Crippen LogP contribution in [0, 0.1) is 0 Å². The minimum absolute atomic E-state index is 0.0500. The van der Waals surface area contributed by atoms with Crippen LogP contribution >= 0.6 is 0 Å². The van der Waals surface area contributed by atoms with E-state index in [0.717, 1.165) is 4.31 Å². The molecule has 118 valence electrons. The van der Waals surface area contributed by atoms with Crippen LogP contribution in [0.25, 0.3) is 0 Å². The van der Waals surface area contributed by atoms with Crippen LogP contribution in [0.5, 0.6) is 0 Å². The summed E-state index contributed by atoms with van der Waals surface area (Å²) in [6.45, 7) is 3.85. The van der Waals surface area contributed by atoms with E-state index in [9.17, 15) is 13.2 Å². The lowest BCUT2D eigenvalue weighted by molar-refractivity contribution is 0.0697. The van der Waals surface area contributed by atoms with Gasteiger partial charge in [-0.15, -0.1) is 0 Å². The highest BCUT2D eigenvalue weighted by molar-refractivity contribution is 7.92. The van der Waals surface area contributed by atoms with Crippen LogP contribution in [0.2, 0.25) is 0 Å². The van der Waals surface area contributed by atoms with Gasteiger partial charge >= 0.3 is 5.97 Å². The van der Waals surface area contributed by atoms with E-state index in [4.69, 9.17) is 5.11 Å². The number of benzene rings is 1. The van der Waals surface area contributed by atoms with Crippen LogP contribution in [-0.4, -0.2) is 36.1 Å². The van der Waals surface area contributed by atoms with E-state index in [0.29, 0.717) is 5.69 Å². The van der Waals surface area contributed by atoms with Gasteiger partial charge in [0.1, 0.15) is 0 Å². The van der Waals surface area contributed by atoms with Crippen molar-refractivity contribution >= 4 is 21.7 Å². The van der Waals surface area contributed by atoms with Crippen LogP contribution in [-0.2, 0) is 10.0 Å².